The summed E-state index contributed by atoms with van der Waals surface area (Å²) in [5.74, 6) is 0.458. The summed E-state index contributed by atoms with van der Waals surface area (Å²) in [6, 6.07) is 0.257. The van der Waals surface area contributed by atoms with Gasteiger partial charge in [-0.2, -0.15) is 0 Å². The molecule has 0 bridgehead atoms. The lowest BCUT2D eigenvalue weighted by atomic mass is 9.93. The van der Waals surface area contributed by atoms with Crippen molar-refractivity contribution in [3.63, 3.8) is 0 Å². The van der Waals surface area contributed by atoms with Crippen LogP contribution in [0.25, 0.3) is 0 Å². The minimum atomic E-state index is -0.595. The van der Waals surface area contributed by atoms with Gasteiger partial charge in [0, 0.05) is 19.8 Å². The van der Waals surface area contributed by atoms with Crippen molar-refractivity contribution < 1.29 is 9.53 Å². The van der Waals surface area contributed by atoms with Gasteiger partial charge in [0.2, 0.25) is 5.91 Å². The molecule has 0 saturated carbocycles. The molecule has 21 heavy (non-hydrogen) atoms. The first-order valence-corrected chi connectivity index (χ1v) is 8.16. The Hall–Kier alpha value is -0.650. The zero-order valence-corrected chi connectivity index (χ0v) is 14.2. The van der Waals surface area contributed by atoms with Gasteiger partial charge < -0.3 is 20.7 Å². The highest BCUT2D eigenvalue weighted by Gasteiger charge is 2.31. The van der Waals surface area contributed by atoms with E-state index in [1.165, 1.54) is 12.8 Å². The average molecular weight is 299 g/mol. The Kier molecular flexibility index (Phi) is 7.63. The minimum absolute atomic E-state index is 0.255. The number of ether oxygens (including phenoxy) is 1. The summed E-state index contributed by atoms with van der Waals surface area (Å²) in [6.07, 6.45) is 4.21. The highest BCUT2D eigenvalue weighted by Crippen LogP contribution is 2.19. The number of hydrogen-bond donors (Lipinski definition) is 2. The standard InChI is InChI=1S/C16H33N3O2/c1-13(2)18-16(3,15(17)20)8-5-9-19-10-6-14(7-11-19)12-21-4/h13-14,18H,5-12H2,1-4H3,(H2,17,20). The molecule has 1 aliphatic rings. The molecule has 1 heterocycles. The van der Waals surface area contributed by atoms with E-state index >= 15 is 0 Å². The molecule has 1 rings (SSSR count). The second-order valence-electron chi connectivity index (χ2n) is 6.84. The zero-order valence-electron chi connectivity index (χ0n) is 14.2. The van der Waals surface area contributed by atoms with Gasteiger partial charge in [-0.1, -0.05) is 0 Å². The Labute approximate surface area is 129 Å². The van der Waals surface area contributed by atoms with Crippen molar-refractivity contribution in [1.82, 2.24) is 10.2 Å². The first kappa shape index (κ1) is 18.4. The van der Waals surface area contributed by atoms with E-state index < -0.39 is 5.54 Å². The Morgan fingerprint density at radius 2 is 2.05 bits per heavy atom. The molecule has 1 saturated heterocycles. The quantitative estimate of drug-likeness (QED) is 0.675. The smallest absolute Gasteiger partial charge is 0.237 e. The van der Waals surface area contributed by atoms with Crippen molar-refractivity contribution in [2.24, 2.45) is 11.7 Å². The maximum Gasteiger partial charge on any atom is 0.237 e. The molecule has 0 aromatic rings. The van der Waals surface area contributed by atoms with E-state index in [1.54, 1.807) is 7.11 Å². The monoisotopic (exact) mass is 299 g/mol. The van der Waals surface area contributed by atoms with Gasteiger partial charge in [0.25, 0.3) is 0 Å². The van der Waals surface area contributed by atoms with Gasteiger partial charge in [-0.05, 0) is 72.0 Å². The normalized spacial score (nSPS) is 20.6. The van der Waals surface area contributed by atoms with Gasteiger partial charge in [-0.15, -0.1) is 0 Å². The molecular formula is C16H33N3O2. The van der Waals surface area contributed by atoms with E-state index in [4.69, 9.17) is 10.5 Å². The van der Waals surface area contributed by atoms with Crippen LogP contribution < -0.4 is 11.1 Å². The molecular weight excluding hydrogens is 266 g/mol. The number of piperidine rings is 1. The Bertz CT molecular complexity index is 315. The van der Waals surface area contributed by atoms with Gasteiger partial charge in [0.15, 0.2) is 0 Å². The second-order valence-corrected chi connectivity index (χ2v) is 6.84. The van der Waals surface area contributed by atoms with E-state index in [2.05, 4.69) is 10.2 Å². The number of carbonyl (C=O) groups is 1. The van der Waals surface area contributed by atoms with E-state index in [1.807, 2.05) is 20.8 Å². The van der Waals surface area contributed by atoms with Crippen LogP contribution in [0.1, 0.15) is 46.5 Å². The molecule has 0 radical (unpaired) electrons. The highest BCUT2D eigenvalue weighted by molar-refractivity contribution is 5.84. The van der Waals surface area contributed by atoms with Crippen molar-refractivity contribution >= 4 is 5.91 Å². The fourth-order valence-corrected chi connectivity index (χ4v) is 3.17. The lowest BCUT2D eigenvalue weighted by Gasteiger charge is -2.33. The van der Waals surface area contributed by atoms with Crippen LogP contribution >= 0.6 is 0 Å². The van der Waals surface area contributed by atoms with Gasteiger partial charge in [-0.25, -0.2) is 0 Å². The lowest BCUT2D eigenvalue weighted by molar-refractivity contribution is -0.124. The van der Waals surface area contributed by atoms with E-state index in [0.29, 0.717) is 5.92 Å². The number of methoxy groups -OCH3 is 1. The van der Waals surface area contributed by atoms with Crippen LogP contribution in [0.15, 0.2) is 0 Å². The van der Waals surface area contributed by atoms with Crippen LogP contribution in [0.3, 0.4) is 0 Å². The Morgan fingerprint density at radius 1 is 1.43 bits per heavy atom. The van der Waals surface area contributed by atoms with Crippen molar-refractivity contribution in [3.8, 4) is 0 Å². The molecule has 1 atom stereocenters. The molecule has 0 aromatic heterocycles. The largest absolute Gasteiger partial charge is 0.384 e. The van der Waals surface area contributed by atoms with Crippen molar-refractivity contribution in [2.75, 3.05) is 33.4 Å². The Morgan fingerprint density at radius 3 is 2.52 bits per heavy atom. The number of likely N-dealkylation sites (tertiary alicyclic amines) is 1. The first-order chi connectivity index (χ1) is 9.87. The summed E-state index contributed by atoms with van der Waals surface area (Å²) in [5, 5.41) is 3.31. The summed E-state index contributed by atoms with van der Waals surface area (Å²) in [7, 11) is 1.78. The maximum atomic E-state index is 11.7. The highest BCUT2D eigenvalue weighted by atomic mass is 16.5. The maximum absolute atomic E-state index is 11.7. The van der Waals surface area contributed by atoms with Crippen molar-refractivity contribution in [1.29, 1.82) is 0 Å². The summed E-state index contributed by atoms with van der Waals surface area (Å²) in [4.78, 5) is 14.2. The molecule has 0 aromatic carbocycles. The van der Waals surface area contributed by atoms with Crippen LogP contribution in [-0.2, 0) is 9.53 Å². The lowest BCUT2D eigenvalue weighted by Crippen LogP contribution is -2.55. The SMILES string of the molecule is COCC1CCN(CCCC(C)(NC(C)C)C(N)=O)CC1. The van der Waals surface area contributed by atoms with E-state index in [9.17, 15) is 4.79 Å². The molecule has 3 N–H and O–H groups in total. The predicted molar refractivity (Wildman–Crippen MR) is 86.1 cm³/mol. The average Bonchev–Trinajstić information content (AvgIpc) is 2.40. The molecule has 0 spiro atoms. The second kappa shape index (κ2) is 8.71. The van der Waals surface area contributed by atoms with Crippen LogP contribution in [0, 0.1) is 5.92 Å². The fourth-order valence-electron chi connectivity index (χ4n) is 3.17. The summed E-state index contributed by atoms with van der Waals surface area (Å²) >= 11 is 0. The number of primary amides is 1. The number of nitrogens with zero attached hydrogens (tertiary/aromatic N) is 1. The number of hydrogen-bond acceptors (Lipinski definition) is 4. The van der Waals surface area contributed by atoms with Gasteiger partial charge in [-0.3, -0.25) is 4.79 Å². The van der Waals surface area contributed by atoms with Gasteiger partial charge in [0.1, 0.15) is 0 Å². The predicted octanol–water partition coefficient (Wildman–Crippen LogP) is 1.37. The van der Waals surface area contributed by atoms with Crippen molar-refractivity contribution in [3.05, 3.63) is 0 Å². The number of nitrogens with one attached hydrogen (secondary N) is 1. The van der Waals surface area contributed by atoms with Crippen LogP contribution in [0.5, 0.6) is 0 Å². The molecule has 1 amide bonds. The fraction of sp³-hybridized carbons (Fsp3) is 0.938. The van der Waals surface area contributed by atoms with Crippen LogP contribution in [-0.4, -0.2) is 55.7 Å². The molecule has 5 nitrogen and oxygen atoms in total. The van der Waals surface area contributed by atoms with Crippen LogP contribution in [0.2, 0.25) is 0 Å². The van der Waals surface area contributed by atoms with E-state index in [-0.39, 0.29) is 11.9 Å². The molecule has 1 aliphatic heterocycles. The summed E-state index contributed by atoms with van der Waals surface area (Å²) in [5.41, 5.74) is 4.97. The number of carbonyl (C=O) groups excluding carboxylic acids is 1. The topological polar surface area (TPSA) is 67.6 Å². The van der Waals surface area contributed by atoms with Gasteiger partial charge >= 0.3 is 0 Å². The number of amides is 1. The first-order valence-electron chi connectivity index (χ1n) is 8.16. The van der Waals surface area contributed by atoms with Gasteiger partial charge in [0.05, 0.1) is 5.54 Å². The van der Waals surface area contributed by atoms with E-state index in [0.717, 1.165) is 39.1 Å². The minimum Gasteiger partial charge on any atom is -0.384 e. The molecule has 1 fully saturated rings. The third kappa shape index (κ3) is 6.32. The third-order valence-corrected chi connectivity index (χ3v) is 4.41. The molecule has 5 heteroatoms. The molecule has 0 aliphatic carbocycles. The van der Waals surface area contributed by atoms with Crippen molar-refractivity contribution in [2.45, 2.75) is 58.0 Å². The summed E-state index contributed by atoms with van der Waals surface area (Å²) in [6.45, 7) is 10.2. The molecule has 1 unspecified atom stereocenters. The Balaban J connectivity index is 2.30. The zero-order chi connectivity index (χ0) is 15.9. The third-order valence-electron chi connectivity index (χ3n) is 4.41. The molecule has 124 valence electrons. The number of nitrogens with two attached hydrogens (primary N) is 1. The number of rotatable bonds is 9. The van der Waals surface area contributed by atoms with Crippen LogP contribution in [0.4, 0.5) is 0 Å². The summed E-state index contributed by atoms with van der Waals surface area (Å²) < 4.78 is 5.23.